The predicted octanol–water partition coefficient (Wildman–Crippen LogP) is 3.98. The number of anilines is 1. The molecule has 2 atom stereocenters. The second kappa shape index (κ2) is 7.01. The van der Waals surface area contributed by atoms with Crippen LogP contribution in [-0.2, 0) is 0 Å². The molecule has 0 radical (unpaired) electrons. The molecule has 6 rings (SSSR count). The summed E-state index contributed by atoms with van der Waals surface area (Å²) in [5.74, 6) is 4.05. The molecule has 1 aliphatic carbocycles. The summed E-state index contributed by atoms with van der Waals surface area (Å²) in [4.78, 5) is 16.8. The van der Waals surface area contributed by atoms with Crippen LogP contribution in [0.15, 0.2) is 55.2 Å². The first-order valence-corrected chi connectivity index (χ1v) is 10.9. The van der Waals surface area contributed by atoms with Crippen LogP contribution in [0.1, 0.15) is 45.0 Å². The maximum atomic E-state index is 5.09. The lowest BCUT2D eigenvalue weighted by Gasteiger charge is -2.41. The standard InChI is InChI=1S/C23H24N8/c1-3-18-22-28-26-14-30(22)19-13-25-23(27-21(19)31(18)15(2)16-9-10-16)29-12-11-24-20(29)17-7-5-4-6-8-17/h4-8,11-16,18H,3,9-10H2,1-2H3. The highest BCUT2D eigenvalue weighted by Crippen LogP contribution is 2.45. The van der Waals surface area contributed by atoms with Gasteiger partial charge in [-0.15, -0.1) is 10.2 Å². The molecule has 1 saturated carbocycles. The zero-order valence-corrected chi connectivity index (χ0v) is 17.6. The fourth-order valence-corrected chi connectivity index (χ4v) is 4.69. The third-order valence-electron chi connectivity index (χ3n) is 6.47. The Bertz CT molecular complexity index is 1220. The number of hydrogen-bond donors (Lipinski definition) is 0. The van der Waals surface area contributed by atoms with E-state index in [-0.39, 0.29) is 6.04 Å². The largest absolute Gasteiger partial charge is 0.341 e. The quantitative estimate of drug-likeness (QED) is 0.493. The number of rotatable bonds is 5. The Balaban J connectivity index is 1.51. The van der Waals surface area contributed by atoms with Crippen molar-refractivity contribution in [2.75, 3.05) is 4.90 Å². The Morgan fingerprint density at radius 3 is 2.71 bits per heavy atom. The molecule has 0 N–H and O–H groups in total. The summed E-state index contributed by atoms with van der Waals surface area (Å²) in [7, 11) is 0. The summed E-state index contributed by atoms with van der Waals surface area (Å²) in [5.41, 5.74) is 1.96. The smallest absolute Gasteiger partial charge is 0.237 e. The third kappa shape index (κ3) is 2.85. The van der Waals surface area contributed by atoms with Gasteiger partial charge in [0.25, 0.3) is 0 Å². The van der Waals surface area contributed by atoms with Crippen molar-refractivity contribution in [2.45, 2.75) is 45.2 Å². The maximum Gasteiger partial charge on any atom is 0.237 e. The van der Waals surface area contributed by atoms with Crippen LogP contribution in [-0.4, -0.2) is 40.3 Å². The lowest BCUT2D eigenvalue weighted by atomic mass is 10.0. The fourth-order valence-electron chi connectivity index (χ4n) is 4.69. The Labute approximate surface area is 180 Å². The fraction of sp³-hybridized carbons (Fsp3) is 0.348. The Kier molecular flexibility index (Phi) is 4.12. The van der Waals surface area contributed by atoms with E-state index in [1.807, 2.05) is 39.7 Å². The molecule has 1 aliphatic heterocycles. The monoisotopic (exact) mass is 412 g/mol. The summed E-state index contributed by atoms with van der Waals surface area (Å²) in [6.07, 6.45) is 10.9. The van der Waals surface area contributed by atoms with Gasteiger partial charge >= 0.3 is 0 Å². The number of benzene rings is 1. The van der Waals surface area contributed by atoms with Gasteiger partial charge in [-0.1, -0.05) is 37.3 Å². The van der Waals surface area contributed by atoms with Crippen LogP contribution in [0, 0.1) is 5.92 Å². The molecule has 1 aromatic carbocycles. The van der Waals surface area contributed by atoms with Gasteiger partial charge in [-0.05, 0) is 32.1 Å². The van der Waals surface area contributed by atoms with Crippen LogP contribution in [0.2, 0.25) is 0 Å². The average Bonchev–Trinajstić information content (AvgIpc) is 3.34. The Hall–Kier alpha value is -3.55. The molecule has 31 heavy (non-hydrogen) atoms. The van der Waals surface area contributed by atoms with E-state index in [1.165, 1.54) is 12.8 Å². The Morgan fingerprint density at radius 1 is 1.10 bits per heavy atom. The summed E-state index contributed by atoms with van der Waals surface area (Å²) in [6.45, 7) is 4.51. The number of hydrogen-bond acceptors (Lipinski definition) is 6. The second-order valence-electron chi connectivity index (χ2n) is 8.33. The molecule has 0 amide bonds. The SMILES string of the molecule is CCC1c2nncn2-c2cnc(-n3ccnc3-c3ccccc3)nc2N1C(C)C1CC1. The molecule has 0 saturated heterocycles. The molecule has 8 heteroatoms. The molecule has 156 valence electrons. The molecule has 0 spiro atoms. The van der Waals surface area contributed by atoms with E-state index in [0.717, 1.165) is 35.1 Å². The van der Waals surface area contributed by atoms with E-state index in [0.29, 0.717) is 17.9 Å². The minimum Gasteiger partial charge on any atom is -0.341 e. The van der Waals surface area contributed by atoms with Crippen molar-refractivity contribution >= 4 is 5.82 Å². The number of imidazole rings is 1. The van der Waals surface area contributed by atoms with Gasteiger partial charge in [0.05, 0.1) is 12.2 Å². The van der Waals surface area contributed by atoms with Gasteiger partial charge in [0, 0.05) is 24.0 Å². The van der Waals surface area contributed by atoms with Crippen LogP contribution >= 0.6 is 0 Å². The van der Waals surface area contributed by atoms with Crippen molar-refractivity contribution in [3.05, 3.63) is 61.1 Å². The van der Waals surface area contributed by atoms with Gasteiger partial charge in [-0.25, -0.2) is 9.97 Å². The summed E-state index contributed by atoms with van der Waals surface area (Å²) >= 11 is 0. The minimum atomic E-state index is 0.143. The summed E-state index contributed by atoms with van der Waals surface area (Å²) in [6, 6.07) is 10.7. The molecule has 2 unspecified atom stereocenters. The number of aromatic nitrogens is 7. The highest BCUT2D eigenvalue weighted by molar-refractivity contribution is 5.64. The first kappa shape index (κ1) is 18.2. The van der Waals surface area contributed by atoms with Crippen LogP contribution in [0.3, 0.4) is 0 Å². The lowest BCUT2D eigenvalue weighted by Crippen LogP contribution is -2.43. The highest BCUT2D eigenvalue weighted by atomic mass is 15.4. The van der Waals surface area contributed by atoms with Gasteiger partial charge in [0.15, 0.2) is 11.6 Å². The lowest BCUT2D eigenvalue weighted by molar-refractivity contribution is 0.454. The van der Waals surface area contributed by atoms with E-state index in [9.17, 15) is 0 Å². The van der Waals surface area contributed by atoms with E-state index < -0.39 is 0 Å². The minimum absolute atomic E-state index is 0.143. The van der Waals surface area contributed by atoms with Gasteiger partial charge in [0.1, 0.15) is 17.8 Å². The molecule has 0 bridgehead atoms. The number of nitrogens with zero attached hydrogens (tertiary/aromatic N) is 8. The van der Waals surface area contributed by atoms with Crippen LogP contribution in [0.25, 0.3) is 23.0 Å². The van der Waals surface area contributed by atoms with Crippen molar-refractivity contribution in [3.8, 4) is 23.0 Å². The van der Waals surface area contributed by atoms with E-state index in [1.54, 1.807) is 12.5 Å². The average molecular weight is 413 g/mol. The maximum absolute atomic E-state index is 5.09. The van der Waals surface area contributed by atoms with Crippen molar-refractivity contribution in [1.82, 2.24) is 34.3 Å². The molecule has 8 nitrogen and oxygen atoms in total. The number of fused-ring (bicyclic) bond motifs is 3. The predicted molar refractivity (Wildman–Crippen MR) is 117 cm³/mol. The van der Waals surface area contributed by atoms with Gasteiger partial charge in [-0.2, -0.15) is 4.98 Å². The van der Waals surface area contributed by atoms with Gasteiger partial charge < -0.3 is 4.90 Å². The highest BCUT2D eigenvalue weighted by Gasteiger charge is 2.41. The van der Waals surface area contributed by atoms with E-state index in [2.05, 4.69) is 46.1 Å². The normalized spacial score (nSPS) is 18.5. The Morgan fingerprint density at radius 2 is 1.94 bits per heavy atom. The molecule has 4 aromatic rings. The zero-order valence-electron chi connectivity index (χ0n) is 17.6. The summed E-state index contributed by atoms with van der Waals surface area (Å²) < 4.78 is 3.99. The van der Waals surface area contributed by atoms with Crippen LogP contribution in [0.5, 0.6) is 0 Å². The molecular formula is C23H24N8. The van der Waals surface area contributed by atoms with E-state index >= 15 is 0 Å². The molecule has 3 aromatic heterocycles. The first-order valence-electron chi connectivity index (χ1n) is 10.9. The second-order valence-corrected chi connectivity index (χ2v) is 8.33. The van der Waals surface area contributed by atoms with Crippen molar-refractivity contribution in [2.24, 2.45) is 5.92 Å². The third-order valence-corrected chi connectivity index (χ3v) is 6.47. The van der Waals surface area contributed by atoms with Crippen LogP contribution < -0.4 is 4.90 Å². The van der Waals surface area contributed by atoms with Crippen molar-refractivity contribution < 1.29 is 0 Å². The summed E-state index contributed by atoms with van der Waals surface area (Å²) in [5, 5.41) is 8.64. The van der Waals surface area contributed by atoms with Gasteiger partial charge in [0.2, 0.25) is 5.95 Å². The molecular weight excluding hydrogens is 388 g/mol. The van der Waals surface area contributed by atoms with Crippen molar-refractivity contribution in [1.29, 1.82) is 0 Å². The molecule has 2 aliphatic rings. The molecule has 1 fully saturated rings. The molecule has 4 heterocycles. The zero-order chi connectivity index (χ0) is 20.9. The van der Waals surface area contributed by atoms with Crippen LogP contribution in [0.4, 0.5) is 5.82 Å². The first-order chi connectivity index (χ1) is 15.3. The van der Waals surface area contributed by atoms with Gasteiger partial charge in [-0.3, -0.25) is 9.13 Å². The van der Waals surface area contributed by atoms with E-state index in [4.69, 9.17) is 9.97 Å². The van der Waals surface area contributed by atoms with Crippen molar-refractivity contribution in [3.63, 3.8) is 0 Å². The topological polar surface area (TPSA) is 77.5 Å².